The SMILES string of the molecule is O=C(COC(=O)c1ccccc1Oc1ccccc1)NCCc1ccccc1. The van der Waals surface area contributed by atoms with Gasteiger partial charge in [0.1, 0.15) is 17.1 Å². The van der Waals surface area contributed by atoms with E-state index in [1.54, 1.807) is 36.4 Å². The number of carbonyl (C=O) groups excluding carboxylic acids is 2. The maximum Gasteiger partial charge on any atom is 0.342 e. The van der Waals surface area contributed by atoms with Crippen molar-refractivity contribution >= 4 is 11.9 Å². The van der Waals surface area contributed by atoms with Crippen LogP contribution in [-0.2, 0) is 16.0 Å². The number of carbonyl (C=O) groups is 2. The van der Waals surface area contributed by atoms with Crippen molar-refractivity contribution in [2.45, 2.75) is 6.42 Å². The highest BCUT2D eigenvalue weighted by atomic mass is 16.5. The van der Waals surface area contributed by atoms with Crippen molar-refractivity contribution in [2.75, 3.05) is 13.2 Å². The van der Waals surface area contributed by atoms with E-state index >= 15 is 0 Å². The molecule has 0 aliphatic carbocycles. The molecule has 0 saturated carbocycles. The van der Waals surface area contributed by atoms with E-state index in [0.29, 0.717) is 24.5 Å². The molecule has 0 unspecified atom stereocenters. The Hall–Kier alpha value is -3.60. The highest BCUT2D eigenvalue weighted by Gasteiger charge is 2.15. The van der Waals surface area contributed by atoms with Crippen LogP contribution in [0, 0.1) is 0 Å². The molecular weight excluding hydrogens is 354 g/mol. The molecule has 0 radical (unpaired) electrons. The molecule has 0 bridgehead atoms. The topological polar surface area (TPSA) is 64.6 Å². The summed E-state index contributed by atoms with van der Waals surface area (Å²) in [5.74, 6) is 0.0417. The van der Waals surface area contributed by atoms with Crippen LogP contribution >= 0.6 is 0 Å². The van der Waals surface area contributed by atoms with Gasteiger partial charge in [-0.3, -0.25) is 4.79 Å². The van der Waals surface area contributed by atoms with Gasteiger partial charge in [0, 0.05) is 6.54 Å². The van der Waals surface area contributed by atoms with E-state index < -0.39 is 5.97 Å². The molecule has 5 heteroatoms. The molecule has 3 aromatic rings. The van der Waals surface area contributed by atoms with Crippen molar-refractivity contribution in [3.8, 4) is 11.5 Å². The standard InChI is InChI=1S/C23H21NO4/c25-22(24-16-15-18-9-3-1-4-10-18)17-27-23(26)20-13-7-8-14-21(20)28-19-11-5-2-6-12-19/h1-14H,15-17H2,(H,24,25). The van der Waals surface area contributed by atoms with Crippen molar-refractivity contribution in [2.24, 2.45) is 0 Å². The summed E-state index contributed by atoms with van der Waals surface area (Å²) in [4.78, 5) is 24.3. The van der Waals surface area contributed by atoms with E-state index in [4.69, 9.17) is 9.47 Å². The average Bonchev–Trinajstić information content (AvgIpc) is 2.74. The smallest absolute Gasteiger partial charge is 0.342 e. The van der Waals surface area contributed by atoms with Gasteiger partial charge in [-0.2, -0.15) is 0 Å². The molecule has 3 rings (SSSR count). The average molecular weight is 375 g/mol. The first-order valence-electron chi connectivity index (χ1n) is 9.02. The fourth-order valence-electron chi connectivity index (χ4n) is 2.59. The van der Waals surface area contributed by atoms with Crippen LogP contribution in [0.2, 0.25) is 0 Å². The molecule has 0 spiro atoms. The van der Waals surface area contributed by atoms with Gasteiger partial charge in [-0.1, -0.05) is 60.7 Å². The van der Waals surface area contributed by atoms with E-state index in [9.17, 15) is 9.59 Å². The lowest BCUT2D eigenvalue weighted by molar-refractivity contribution is -0.124. The van der Waals surface area contributed by atoms with Gasteiger partial charge in [-0.15, -0.1) is 0 Å². The van der Waals surface area contributed by atoms with Gasteiger partial charge in [0.05, 0.1) is 0 Å². The summed E-state index contributed by atoms with van der Waals surface area (Å²) < 4.78 is 10.9. The second-order valence-electron chi connectivity index (χ2n) is 6.07. The predicted octanol–water partition coefficient (Wildman–Crippen LogP) is 3.99. The van der Waals surface area contributed by atoms with Crippen molar-refractivity contribution < 1.29 is 19.1 Å². The fourth-order valence-corrected chi connectivity index (χ4v) is 2.59. The third kappa shape index (κ3) is 5.71. The highest BCUT2D eigenvalue weighted by Crippen LogP contribution is 2.25. The summed E-state index contributed by atoms with van der Waals surface area (Å²) in [6.45, 7) is 0.140. The number of esters is 1. The molecule has 0 aromatic heterocycles. The van der Waals surface area contributed by atoms with Gasteiger partial charge in [0.25, 0.3) is 5.91 Å². The third-order valence-electron chi connectivity index (χ3n) is 3.99. The van der Waals surface area contributed by atoms with Crippen LogP contribution in [-0.4, -0.2) is 25.0 Å². The van der Waals surface area contributed by atoms with Crippen LogP contribution < -0.4 is 10.1 Å². The fraction of sp³-hybridized carbons (Fsp3) is 0.130. The number of nitrogens with one attached hydrogen (secondary N) is 1. The Balaban J connectivity index is 1.50. The monoisotopic (exact) mass is 375 g/mol. The van der Waals surface area contributed by atoms with E-state index in [0.717, 1.165) is 5.56 Å². The molecule has 5 nitrogen and oxygen atoms in total. The Morgan fingerprint density at radius 2 is 1.43 bits per heavy atom. The highest BCUT2D eigenvalue weighted by molar-refractivity contribution is 5.94. The minimum atomic E-state index is -0.607. The molecule has 0 atom stereocenters. The first-order chi connectivity index (χ1) is 13.7. The molecule has 28 heavy (non-hydrogen) atoms. The van der Waals surface area contributed by atoms with Gasteiger partial charge < -0.3 is 14.8 Å². The number of rotatable bonds is 8. The maximum atomic E-state index is 12.4. The summed E-state index contributed by atoms with van der Waals surface area (Å²) >= 11 is 0. The van der Waals surface area contributed by atoms with Crippen LogP contribution in [0.5, 0.6) is 11.5 Å². The Labute approximate surface area is 163 Å². The zero-order valence-corrected chi connectivity index (χ0v) is 15.3. The van der Waals surface area contributed by atoms with Crippen LogP contribution in [0.4, 0.5) is 0 Å². The molecule has 0 fully saturated rings. The first kappa shape index (κ1) is 19.2. The predicted molar refractivity (Wildman–Crippen MR) is 106 cm³/mol. The minimum Gasteiger partial charge on any atom is -0.456 e. The number of hydrogen-bond donors (Lipinski definition) is 1. The lowest BCUT2D eigenvalue weighted by Gasteiger charge is -2.11. The van der Waals surface area contributed by atoms with Crippen LogP contribution in [0.3, 0.4) is 0 Å². The Kier molecular flexibility index (Phi) is 6.79. The van der Waals surface area contributed by atoms with Crippen LogP contribution in [0.25, 0.3) is 0 Å². The van der Waals surface area contributed by atoms with E-state index in [-0.39, 0.29) is 18.1 Å². The summed E-state index contributed by atoms with van der Waals surface area (Å²) in [6, 6.07) is 25.8. The minimum absolute atomic E-state index is 0.267. The summed E-state index contributed by atoms with van der Waals surface area (Å²) in [5, 5.41) is 2.75. The molecule has 0 saturated heterocycles. The van der Waals surface area contributed by atoms with Crippen molar-refractivity contribution in [1.29, 1.82) is 0 Å². The summed E-state index contributed by atoms with van der Waals surface area (Å²) in [7, 11) is 0. The summed E-state index contributed by atoms with van der Waals surface area (Å²) in [5.41, 5.74) is 1.40. The van der Waals surface area contributed by atoms with E-state index in [1.165, 1.54) is 0 Å². The molecule has 1 N–H and O–H groups in total. The normalized spacial score (nSPS) is 10.1. The van der Waals surface area contributed by atoms with Crippen LogP contribution in [0.15, 0.2) is 84.9 Å². The van der Waals surface area contributed by atoms with Crippen LogP contribution in [0.1, 0.15) is 15.9 Å². The van der Waals surface area contributed by atoms with Crippen molar-refractivity contribution in [3.05, 3.63) is 96.1 Å². The molecule has 0 aliphatic rings. The molecule has 142 valence electrons. The molecule has 3 aromatic carbocycles. The summed E-state index contributed by atoms with van der Waals surface area (Å²) in [6.07, 6.45) is 0.717. The van der Waals surface area contributed by atoms with Gasteiger partial charge in [-0.25, -0.2) is 4.79 Å². The molecular formula is C23H21NO4. The zero-order valence-electron chi connectivity index (χ0n) is 15.3. The van der Waals surface area contributed by atoms with E-state index in [1.807, 2.05) is 48.5 Å². The third-order valence-corrected chi connectivity index (χ3v) is 3.99. The second kappa shape index (κ2) is 9.92. The second-order valence-corrected chi connectivity index (χ2v) is 6.07. The van der Waals surface area contributed by atoms with E-state index in [2.05, 4.69) is 5.32 Å². The van der Waals surface area contributed by atoms with Crippen molar-refractivity contribution in [1.82, 2.24) is 5.32 Å². The van der Waals surface area contributed by atoms with Gasteiger partial charge in [-0.05, 0) is 36.2 Å². The number of para-hydroxylation sites is 2. The molecule has 1 amide bonds. The lowest BCUT2D eigenvalue weighted by atomic mass is 10.1. The number of hydrogen-bond acceptors (Lipinski definition) is 4. The lowest BCUT2D eigenvalue weighted by Crippen LogP contribution is -2.30. The zero-order chi connectivity index (χ0) is 19.6. The van der Waals surface area contributed by atoms with Gasteiger partial charge in [0.2, 0.25) is 0 Å². The van der Waals surface area contributed by atoms with Gasteiger partial charge in [0.15, 0.2) is 6.61 Å². The molecule has 0 heterocycles. The number of amides is 1. The maximum absolute atomic E-state index is 12.4. The first-order valence-corrected chi connectivity index (χ1v) is 9.02. The largest absolute Gasteiger partial charge is 0.456 e. The Morgan fingerprint density at radius 3 is 2.18 bits per heavy atom. The quantitative estimate of drug-likeness (QED) is 0.605. The molecule has 0 aliphatic heterocycles. The number of benzene rings is 3. The Morgan fingerprint density at radius 1 is 0.786 bits per heavy atom. The number of ether oxygens (including phenoxy) is 2. The Bertz CT molecular complexity index is 910. The van der Waals surface area contributed by atoms with Crippen molar-refractivity contribution in [3.63, 3.8) is 0 Å². The van der Waals surface area contributed by atoms with Gasteiger partial charge >= 0.3 is 5.97 Å².